The van der Waals surface area contributed by atoms with Crippen molar-refractivity contribution in [1.29, 1.82) is 0 Å². The average Bonchev–Trinajstić information content (AvgIpc) is 2.45. The maximum absolute atomic E-state index is 12.1. The number of nitrogens with one attached hydrogen (secondary N) is 2. The fourth-order valence-electron chi connectivity index (χ4n) is 1.66. The van der Waals surface area contributed by atoms with Crippen LogP contribution in [0.25, 0.3) is 0 Å². The monoisotopic (exact) mass is 291 g/mol. The third-order valence-corrected chi connectivity index (χ3v) is 3.37. The summed E-state index contributed by atoms with van der Waals surface area (Å²) in [7, 11) is 0. The number of amides is 2. The zero-order valence-electron chi connectivity index (χ0n) is 13.0. The summed E-state index contributed by atoms with van der Waals surface area (Å²) in [6.07, 6.45) is 1.93. The van der Waals surface area contributed by atoms with Crippen molar-refractivity contribution in [3.63, 3.8) is 0 Å². The lowest BCUT2D eigenvalue weighted by atomic mass is 10.0. The Morgan fingerprint density at radius 1 is 1.19 bits per heavy atom. The molecule has 21 heavy (non-hydrogen) atoms. The van der Waals surface area contributed by atoms with E-state index in [0.717, 1.165) is 6.42 Å². The molecule has 0 aromatic heterocycles. The van der Waals surface area contributed by atoms with Gasteiger partial charge in [-0.05, 0) is 57.5 Å². The van der Waals surface area contributed by atoms with Crippen LogP contribution in [-0.4, -0.2) is 23.9 Å². The topological polar surface area (TPSA) is 84.2 Å². The lowest BCUT2D eigenvalue weighted by Gasteiger charge is -2.24. The van der Waals surface area contributed by atoms with Gasteiger partial charge >= 0.3 is 0 Å². The van der Waals surface area contributed by atoms with Crippen molar-refractivity contribution in [2.24, 2.45) is 5.73 Å². The van der Waals surface area contributed by atoms with Crippen LogP contribution in [0.5, 0.6) is 0 Å². The number of hydrogen-bond donors (Lipinski definition) is 3. The van der Waals surface area contributed by atoms with Crippen molar-refractivity contribution in [2.75, 3.05) is 11.9 Å². The van der Waals surface area contributed by atoms with E-state index in [1.807, 2.05) is 20.8 Å². The van der Waals surface area contributed by atoms with Gasteiger partial charge in [0.1, 0.15) is 0 Å². The molecule has 0 heterocycles. The fourth-order valence-corrected chi connectivity index (χ4v) is 1.66. The standard InChI is InChI=1S/C16H25N3O2/c1-4-16(2,3)19-15(21)12-7-9-13(10-8-12)18-14(20)6-5-11-17/h7-10H,4-6,11,17H2,1-3H3,(H,18,20)(H,19,21). The van der Waals surface area contributed by atoms with Gasteiger partial charge in [-0.25, -0.2) is 0 Å². The summed E-state index contributed by atoms with van der Waals surface area (Å²) in [5, 5.41) is 5.75. The van der Waals surface area contributed by atoms with Crippen molar-refractivity contribution < 1.29 is 9.59 Å². The minimum atomic E-state index is -0.230. The number of anilines is 1. The lowest BCUT2D eigenvalue weighted by molar-refractivity contribution is -0.116. The van der Waals surface area contributed by atoms with Gasteiger partial charge in [0.25, 0.3) is 5.91 Å². The molecule has 0 aliphatic rings. The summed E-state index contributed by atoms with van der Waals surface area (Å²) in [4.78, 5) is 23.7. The van der Waals surface area contributed by atoms with E-state index in [2.05, 4.69) is 10.6 Å². The molecule has 0 unspecified atom stereocenters. The number of carbonyl (C=O) groups excluding carboxylic acids is 2. The minimum absolute atomic E-state index is 0.0650. The molecule has 0 spiro atoms. The first-order valence-electron chi connectivity index (χ1n) is 7.30. The van der Waals surface area contributed by atoms with E-state index in [1.165, 1.54) is 0 Å². The molecule has 5 nitrogen and oxygen atoms in total. The van der Waals surface area contributed by atoms with Crippen LogP contribution < -0.4 is 16.4 Å². The number of nitrogens with two attached hydrogens (primary N) is 1. The molecular weight excluding hydrogens is 266 g/mol. The van der Waals surface area contributed by atoms with Gasteiger partial charge in [-0.1, -0.05) is 6.92 Å². The van der Waals surface area contributed by atoms with E-state index in [-0.39, 0.29) is 17.4 Å². The van der Waals surface area contributed by atoms with E-state index >= 15 is 0 Å². The Morgan fingerprint density at radius 3 is 2.33 bits per heavy atom. The zero-order valence-corrected chi connectivity index (χ0v) is 13.0. The first-order valence-corrected chi connectivity index (χ1v) is 7.30. The zero-order chi connectivity index (χ0) is 15.9. The minimum Gasteiger partial charge on any atom is -0.347 e. The number of benzene rings is 1. The molecule has 1 aromatic rings. The second-order valence-electron chi connectivity index (χ2n) is 5.71. The first kappa shape index (κ1) is 17.2. The Labute approximate surface area is 126 Å². The molecule has 0 aliphatic heterocycles. The molecule has 116 valence electrons. The quantitative estimate of drug-likeness (QED) is 0.720. The third-order valence-electron chi connectivity index (χ3n) is 3.37. The molecule has 0 radical (unpaired) electrons. The Hall–Kier alpha value is -1.88. The summed E-state index contributed by atoms with van der Waals surface area (Å²) in [5.41, 5.74) is 6.39. The van der Waals surface area contributed by atoms with Crippen LogP contribution in [0.4, 0.5) is 5.69 Å². The second kappa shape index (κ2) is 7.78. The molecule has 1 rings (SSSR count). The normalized spacial score (nSPS) is 11.0. The molecule has 0 saturated heterocycles. The Morgan fingerprint density at radius 2 is 1.81 bits per heavy atom. The highest BCUT2D eigenvalue weighted by atomic mass is 16.2. The molecule has 2 amide bonds. The van der Waals surface area contributed by atoms with Crippen molar-refractivity contribution in [2.45, 2.75) is 45.6 Å². The SMILES string of the molecule is CCC(C)(C)NC(=O)c1ccc(NC(=O)CCCN)cc1. The molecule has 1 aromatic carbocycles. The predicted molar refractivity (Wildman–Crippen MR) is 85.2 cm³/mol. The van der Waals surface area contributed by atoms with Crippen LogP contribution in [0, 0.1) is 0 Å². The summed E-state index contributed by atoms with van der Waals surface area (Å²) in [6, 6.07) is 6.88. The van der Waals surface area contributed by atoms with Crippen LogP contribution in [0.1, 0.15) is 50.4 Å². The van der Waals surface area contributed by atoms with E-state index in [1.54, 1.807) is 24.3 Å². The summed E-state index contributed by atoms with van der Waals surface area (Å²) >= 11 is 0. The van der Waals surface area contributed by atoms with Crippen molar-refractivity contribution >= 4 is 17.5 Å². The smallest absolute Gasteiger partial charge is 0.251 e. The number of carbonyl (C=O) groups is 2. The summed E-state index contributed by atoms with van der Waals surface area (Å²) < 4.78 is 0. The van der Waals surface area contributed by atoms with E-state index in [9.17, 15) is 9.59 Å². The molecule has 5 heteroatoms. The van der Waals surface area contributed by atoms with Gasteiger partial charge in [-0.15, -0.1) is 0 Å². The van der Waals surface area contributed by atoms with Crippen LogP contribution in [-0.2, 0) is 4.79 Å². The second-order valence-corrected chi connectivity index (χ2v) is 5.71. The van der Waals surface area contributed by atoms with Gasteiger partial charge in [-0.2, -0.15) is 0 Å². The Balaban J connectivity index is 2.61. The Bertz CT molecular complexity index is 481. The average molecular weight is 291 g/mol. The third kappa shape index (κ3) is 5.95. The summed E-state index contributed by atoms with van der Waals surface area (Å²) in [6.45, 7) is 6.49. The van der Waals surface area contributed by atoms with Gasteiger partial charge in [0.15, 0.2) is 0 Å². The van der Waals surface area contributed by atoms with E-state index < -0.39 is 0 Å². The molecule has 0 saturated carbocycles. The highest BCUT2D eigenvalue weighted by Crippen LogP contribution is 2.13. The Kier molecular flexibility index (Phi) is 6.37. The van der Waals surface area contributed by atoms with Gasteiger partial charge in [0.05, 0.1) is 0 Å². The van der Waals surface area contributed by atoms with Crippen molar-refractivity contribution in [1.82, 2.24) is 5.32 Å². The maximum atomic E-state index is 12.1. The van der Waals surface area contributed by atoms with Gasteiger partial charge in [0.2, 0.25) is 5.91 Å². The van der Waals surface area contributed by atoms with Crippen LogP contribution in [0.3, 0.4) is 0 Å². The highest BCUT2D eigenvalue weighted by Gasteiger charge is 2.18. The van der Waals surface area contributed by atoms with Gasteiger partial charge < -0.3 is 16.4 Å². The first-order chi connectivity index (χ1) is 9.88. The van der Waals surface area contributed by atoms with Gasteiger partial charge in [-0.3, -0.25) is 9.59 Å². The largest absolute Gasteiger partial charge is 0.347 e. The lowest BCUT2D eigenvalue weighted by Crippen LogP contribution is -2.42. The van der Waals surface area contributed by atoms with E-state index in [4.69, 9.17) is 5.73 Å². The fraction of sp³-hybridized carbons (Fsp3) is 0.500. The molecule has 0 aliphatic carbocycles. The molecular formula is C16H25N3O2. The van der Waals surface area contributed by atoms with Gasteiger partial charge in [0, 0.05) is 23.2 Å². The molecule has 0 atom stereocenters. The maximum Gasteiger partial charge on any atom is 0.251 e. The molecule has 0 fully saturated rings. The molecule has 4 N–H and O–H groups in total. The number of rotatable bonds is 7. The van der Waals surface area contributed by atoms with Crippen LogP contribution in [0.15, 0.2) is 24.3 Å². The summed E-state index contributed by atoms with van der Waals surface area (Å²) in [5.74, 6) is -0.173. The van der Waals surface area contributed by atoms with E-state index in [0.29, 0.717) is 30.6 Å². The molecule has 0 bridgehead atoms. The van der Waals surface area contributed by atoms with Crippen LogP contribution >= 0.6 is 0 Å². The number of hydrogen-bond acceptors (Lipinski definition) is 3. The van der Waals surface area contributed by atoms with Crippen molar-refractivity contribution in [3.8, 4) is 0 Å². The highest BCUT2D eigenvalue weighted by molar-refractivity contribution is 5.96. The van der Waals surface area contributed by atoms with Crippen LogP contribution in [0.2, 0.25) is 0 Å². The predicted octanol–water partition coefficient (Wildman–Crippen LogP) is 2.28. The van der Waals surface area contributed by atoms with Crippen molar-refractivity contribution in [3.05, 3.63) is 29.8 Å².